The standard InChI is InChI=1S/C9H15N3O5S/c10-7(13)5-6(8(14)15)11-9(16)12-1-3-18(17)4-2-12/h6H,1-5H2,(H2,10,13)(H,11,16)(H,14,15). The predicted molar refractivity (Wildman–Crippen MR) is 63.2 cm³/mol. The van der Waals surface area contributed by atoms with E-state index in [0.29, 0.717) is 24.6 Å². The van der Waals surface area contributed by atoms with Crippen LogP contribution in [0.25, 0.3) is 0 Å². The Morgan fingerprint density at radius 2 is 1.89 bits per heavy atom. The van der Waals surface area contributed by atoms with Gasteiger partial charge in [-0.25, -0.2) is 9.59 Å². The summed E-state index contributed by atoms with van der Waals surface area (Å²) >= 11 is 0. The maximum absolute atomic E-state index is 11.7. The van der Waals surface area contributed by atoms with Crippen LogP contribution < -0.4 is 11.1 Å². The summed E-state index contributed by atoms with van der Waals surface area (Å²) in [6.07, 6.45) is -0.457. The first-order valence-electron chi connectivity index (χ1n) is 5.31. The minimum absolute atomic E-state index is 0.307. The van der Waals surface area contributed by atoms with Gasteiger partial charge in [-0.15, -0.1) is 0 Å². The van der Waals surface area contributed by atoms with Gasteiger partial charge in [-0.05, 0) is 0 Å². The molecule has 0 spiro atoms. The van der Waals surface area contributed by atoms with Crippen LogP contribution >= 0.6 is 0 Å². The van der Waals surface area contributed by atoms with Crippen molar-refractivity contribution in [3.05, 3.63) is 0 Å². The SMILES string of the molecule is NC(=O)CC(NC(=O)N1CCS(=O)CC1)C(=O)O. The minimum Gasteiger partial charge on any atom is -0.480 e. The molecule has 3 amide bonds. The zero-order valence-electron chi connectivity index (χ0n) is 9.63. The first-order chi connectivity index (χ1) is 8.40. The van der Waals surface area contributed by atoms with Crippen LogP contribution in [0.15, 0.2) is 0 Å². The Labute approximate surface area is 106 Å². The predicted octanol–water partition coefficient (Wildman–Crippen LogP) is -1.91. The largest absolute Gasteiger partial charge is 0.480 e. The number of carboxylic acids is 1. The molecule has 0 aliphatic carbocycles. The molecule has 9 heteroatoms. The second kappa shape index (κ2) is 6.34. The van der Waals surface area contributed by atoms with Crippen LogP contribution in [-0.2, 0) is 20.4 Å². The van der Waals surface area contributed by atoms with Crippen molar-refractivity contribution in [2.45, 2.75) is 12.5 Å². The maximum Gasteiger partial charge on any atom is 0.326 e. The molecule has 0 aromatic carbocycles. The van der Waals surface area contributed by atoms with Gasteiger partial charge in [0.05, 0.1) is 6.42 Å². The molecule has 18 heavy (non-hydrogen) atoms. The van der Waals surface area contributed by atoms with Gasteiger partial charge < -0.3 is 21.1 Å². The van der Waals surface area contributed by atoms with E-state index in [2.05, 4.69) is 5.32 Å². The summed E-state index contributed by atoms with van der Waals surface area (Å²) in [5.74, 6) is -1.37. The summed E-state index contributed by atoms with van der Waals surface area (Å²) in [5.41, 5.74) is 4.90. The number of hydrogen-bond acceptors (Lipinski definition) is 4. The summed E-state index contributed by atoms with van der Waals surface area (Å²) in [6, 6.07) is -1.91. The van der Waals surface area contributed by atoms with Crippen LogP contribution in [0.5, 0.6) is 0 Å². The third kappa shape index (κ3) is 4.32. The average Bonchev–Trinajstić information content (AvgIpc) is 2.28. The normalized spacial score (nSPS) is 18.1. The topological polar surface area (TPSA) is 130 Å². The molecule has 8 nitrogen and oxygen atoms in total. The Morgan fingerprint density at radius 1 is 1.33 bits per heavy atom. The van der Waals surface area contributed by atoms with Crippen molar-refractivity contribution < 1.29 is 23.7 Å². The van der Waals surface area contributed by atoms with Crippen LogP contribution in [0.2, 0.25) is 0 Å². The summed E-state index contributed by atoms with van der Waals surface area (Å²) in [6.45, 7) is 0.614. The number of amides is 3. The molecule has 1 heterocycles. The molecule has 1 saturated heterocycles. The van der Waals surface area contributed by atoms with E-state index in [1.165, 1.54) is 4.90 Å². The number of aliphatic carboxylic acids is 1. The van der Waals surface area contributed by atoms with Gasteiger partial charge in [0, 0.05) is 35.4 Å². The van der Waals surface area contributed by atoms with E-state index >= 15 is 0 Å². The smallest absolute Gasteiger partial charge is 0.326 e. The Kier molecular flexibility index (Phi) is 5.08. The Balaban J connectivity index is 2.53. The van der Waals surface area contributed by atoms with Gasteiger partial charge in [0.25, 0.3) is 0 Å². The van der Waals surface area contributed by atoms with Crippen molar-refractivity contribution in [3.63, 3.8) is 0 Å². The second-order valence-corrected chi connectivity index (χ2v) is 5.54. The maximum atomic E-state index is 11.7. The molecule has 0 aromatic rings. The molecule has 1 unspecified atom stereocenters. The number of carbonyl (C=O) groups excluding carboxylic acids is 2. The first-order valence-corrected chi connectivity index (χ1v) is 6.80. The quantitative estimate of drug-likeness (QED) is 0.552. The van der Waals surface area contributed by atoms with E-state index in [4.69, 9.17) is 10.8 Å². The summed E-state index contributed by atoms with van der Waals surface area (Å²) < 4.78 is 11.1. The van der Waals surface area contributed by atoms with Crippen molar-refractivity contribution in [3.8, 4) is 0 Å². The highest BCUT2D eigenvalue weighted by Crippen LogP contribution is 2.02. The lowest BCUT2D eigenvalue weighted by Gasteiger charge is -2.27. The number of nitrogens with zero attached hydrogens (tertiary/aromatic N) is 1. The molecule has 1 fully saturated rings. The third-order valence-electron chi connectivity index (χ3n) is 2.47. The van der Waals surface area contributed by atoms with Crippen molar-refractivity contribution in [1.82, 2.24) is 10.2 Å². The number of carboxylic acid groups (broad SMARTS) is 1. The Morgan fingerprint density at radius 3 is 2.33 bits per heavy atom. The molecule has 0 saturated carbocycles. The van der Waals surface area contributed by atoms with E-state index in [0.717, 1.165) is 0 Å². The van der Waals surface area contributed by atoms with Crippen LogP contribution in [0.1, 0.15) is 6.42 Å². The van der Waals surface area contributed by atoms with Crippen LogP contribution in [0.3, 0.4) is 0 Å². The third-order valence-corrected chi connectivity index (χ3v) is 3.74. The van der Waals surface area contributed by atoms with Crippen molar-refractivity contribution in [2.24, 2.45) is 5.73 Å². The minimum atomic E-state index is -1.33. The van der Waals surface area contributed by atoms with Crippen LogP contribution in [0.4, 0.5) is 4.79 Å². The van der Waals surface area contributed by atoms with E-state index in [1.54, 1.807) is 0 Å². The molecule has 1 atom stereocenters. The van der Waals surface area contributed by atoms with Gasteiger partial charge in [-0.3, -0.25) is 9.00 Å². The van der Waals surface area contributed by atoms with E-state index < -0.39 is 41.2 Å². The first kappa shape index (κ1) is 14.4. The zero-order valence-corrected chi connectivity index (χ0v) is 10.4. The highest BCUT2D eigenvalue weighted by Gasteiger charge is 2.26. The lowest BCUT2D eigenvalue weighted by molar-refractivity contribution is -0.140. The van der Waals surface area contributed by atoms with Gasteiger partial charge in [-0.2, -0.15) is 0 Å². The van der Waals surface area contributed by atoms with Crippen LogP contribution in [-0.4, -0.2) is 62.8 Å². The number of rotatable bonds is 4. The zero-order chi connectivity index (χ0) is 13.7. The summed E-state index contributed by atoms with van der Waals surface area (Å²) in [5, 5.41) is 11.0. The van der Waals surface area contributed by atoms with E-state index in [-0.39, 0.29) is 0 Å². The average molecular weight is 277 g/mol. The number of primary amides is 1. The summed E-state index contributed by atoms with van der Waals surface area (Å²) in [7, 11) is -0.920. The molecular formula is C9H15N3O5S. The fourth-order valence-corrected chi connectivity index (χ4v) is 2.53. The number of urea groups is 1. The van der Waals surface area contributed by atoms with E-state index in [9.17, 15) is 18.6 Å². The molecular weight excluding hydrogens is 262 g/mol. The lowest BCUT2D eigenvalue weighted by atomic mass is 10.2. The monoisotopic (exact) mass is 277 g/mol. The molecule has 102 valence electrons. The molecule has 1 aliphatic rings. The second-order valence-electron chi connectivity index (χ2n) is 3.85. The van der Waals surface area contributed by atoms with Crippen molar-refractivity contribution in [1.29, 1.82) is 0 Å². The van der Waals surface area contributed by atoms with Crippen LogP contribution in [0, 0.1) is 0 Å². The van der Waals surface area contributed by atoms with Gasteiger partial charge in [-0.1, -0.05) is 0 Å². The number of nitrogens with one attached hydrogen (secondary N) is 1. The summed E-state index contributed by atoms with van der Waals surface area (Å²) in [4.78, 5) is 34.6. The number of hydrogen-bond donors (Lipinski definition) is 3. The van der Waals surface area contributed by atoms with Gasteiger partial charge in [0.15, 0.2) is 0 Å². The van der Waals surface area contributed by atoms with Crippen molar-refractivity contribution >= 4 is 28.7 Å². The van der Waals surface area contributed by atoms with Crippen molar-refractivity contribution in [2.75, 3.05) is 24.6 Å². The molecule has 4 N–H and O–H groups in total. The molecule has 0 radical (unpaired) electrons. The molecule has 0 aromatic heterocycles. The highest BCUT2D eigenvalue weighted by molar-refractivity contribution is 7.85. The van der Waals surface area contributed by atoms with Gasteiger partial charge in [0.1, 0.15) is 6.04 Å². The molecule has 0 bridgehead atoms. The van der Waals surface area contributed by atoms with E-state index in [1.807, 2.05) is 0 Å². The number of carbonyl (C=O) groups is 3. The van der Waals surface area contributed by atoms with Gasteiger partial charge >= 0.3 is 12.0 Å². The van der Waals surface area contributed by atoms with Gasteiger partial charge in [0.2, 0.25) is 5.91 Å². The fraction of sp³-hybridized carbons (Fsp3) is 0.667. The Hall–Kier alpha value is -1.64. The Bertz CT molecular complexity index is 376. The molecule has 1 aliphatic heterocycles. The lowest BCUT2D eigenvalue weighted by Crippen LogP contribution is -2.52. The molecule has 1 rings (SSSR count). The highest BCUT2D eigenvalue weighted by atomic mass is 32.2. The fourth-order valence-electron chi connectivity index (χ4n) is 1.48. The number of nitrogens with two attached hydrogens (primary N) is 1.